The lowest BCUT2D eigenvalue weighted by atomic mass is 10.3. The van der Waals surface area contributed by atoms with E-state index in [0.29, 0.717) is 0 Å². The van der Waals surface area contributed by atoms with Gasteiger partial charge in [0, 0.05) is 32.7 Å². The molecule has 0 radical (unpaired) electrons. The molecule has 0 aliphatic heterocycles. The van der Waals surface area contributed by atoms with E-state index in [1.165, 1.54) is 4.90 Å². The van der Waals surface area contributed by atoms with Crippen LogP contribution in [-0.4, -0.2) is 123 Å². The fraction of sp³-hybridized carbons (Fsp3) is 0.643. The number of rotatable bonds is 15. The Labute approximate surface area is 154 Å². The molecule has 5 N–H and O–H groups in total. The van der Waals surface area contributed by atoms with Crippen molar-refractivity contribution in [1.82, 2.24) is 14.7 Å². The number of amides is 1. The monoisotopic (exact) mass is 393 g/mol. The van der Waals surface area contributed by atoms with Crippen molar-refractivity contribution in [2.75, 3.05) is 52.4 Å². The second-order valence-corrected chi connectivity index (χ2v) is 5.58. The van der Waals surface area contributed by atoms with Crippen LogP contribution in [0.4, 0.5) is 4.79 Å². The van der Waals surface area contributed by atoms with Crippen molar-refractivity contribution in [3.63, 3.8) is 0 Å². The van der Waals surface area contributed by atoms with Crippen molar-refractivity contribution < 1.29 is 49.5 Å². The molecule has 0 aromatic carbocycles. The fourth-order valence-electron chi connectivity index (χ4n) is 2.14. The lowest BCUT2D eigenvalue weighted by Gasteiger charge is -2.26. The summed E-state index contributed by atoms with van der Waals surface area (Å²) < 4.78 is 0. The number of nitrogens with zero attached hydrogens (tertiary/aromatic N) is 3. The van der Waals surface area contributed by atoms with E-state index < -0.39 is 49.6 Å². The van der Waals surface area contributed by atoms with Crippen molar-refractivity contribution in [2.45, 2.75) is 6.42 Å². The first kappa shape index (κ1) is 24.1. The van der Waals surface area contributed by atoms with Crippen molar-refractivity contribution in [3.05, 3.63) is 0 Å². The molecular weight excluding hydrogens is 370 g/mol. The van der Waals surface area contributed by atoms with Gasteiger partial charge in [0.1, 0.15) is 0 Å². The van der Waals surface area contributed by atoms with Gasteiger partial charge in [-0.2, -0.15) is 0 Å². The molecule has 0 aromatic rings. The minimum Gasteiger partial charge on any atom is -0.481 e. The third-order valence-corrected chi connectivity index (χ3v) is 3.36. The maximum absolute atomic E-state index is 11.3. The van der Waals surface area contributed by atoms with Gasteiger partial charge in [0.15, 0.2) is 0 Å². The molecule has 0 heterocycles. The Morgan fingerprint density at radius 1 is 0.519 bits per heavy atom. The molecule has 0 rings (SSSR count). The summed E-state index contributed by atoms with van der Waals surface area (Å²) in [5.41, 5.74) is 0. The molecule has 154 valence electrons. The second-order valence-electron chi connectivity index (χ2n) is 5.58. The highest BCUT2D eigenvalue weighted by Crippen LogP contribution is 1.98. The van der Waals surface area contributed by atoms with Gasteiger partial charge in [-0.05, 0) is 0 Å². The lowest BCUT2D eigenvalue weighted by Crippen LogP contribution is -2.45. The maximum atomic E-state index is 11.3. The van der Waals surface area contributed by atoms with E-state index in [9.17, 15) is 29.1 Å². The van der Waals surface area contributed by atoms with E-state index in [2.05, 4.69) is 0 Å². The number of hydrogen-bond acceptors (Lipinski definition) is 7. The Morgan fingerprint density at radius 2 is 0.926 bits per heavy atom. The molecule has 0 saturated heterocycles. The minimum atomic E-state index is -1.35. The lowest BCUT2D eigenvalue weighted by molar-refractivity contribution is -0.142. The van der Waals surface area contributed by atoms with Gasteiger partial charge >= 0.3 is 30.0 Å². The molecule has 1 amide bonds. The third-order valence-electron chi connectivity index (χ3n) is 3.36. The maximum Gasteiger partial charge on any atom is 0.407 e. The van der Waals surface area contributed by atoms with Crippen molar-refractivity contribution in [3.8, 4) is 0 Å². The van der Waals surface area contributed by atoms with Gasteiger partial charge in [-0.3, -0.25) is 29.0 Å². The van der Waals surface area contributed by atoms with Crippen LogP contribution < -0.4 is 0 Å². The Balaban J connectivity index is 4.76. The van der Waals surface area contributed by atoms with E-state index in [4.69, 9.17) is 20.4 Å². The van der Waals surface area contributed by atoms with E-state index in [1.807, 2.05) is 0 Å². The van der Waals surface area contributed by atoms with E-state index >= 15 is 0 Å². The van der Waals surface area contributed by atoms with Crippen LogP contribution in [0.25, 0.3) is 0 Å². The molecule has 0 aromatic heterocycles. The normalized spacial score (nSPS) is 10.7. The number of carbonyl (C=O) groups is 5. The van der Waals surface area contributed by atoms with Crippen LogP contribution in [0.15, 0.2) is 0 Å². The number of carboxylic acids is 4. The van der Waals surface area contributed by atoms with Crippen molar-refractivity contribution in [2.24, 2.45) is 0 Å². The summed E-state index contributed by atoms with van der Waals surface area (Å²) in [6.07, 6.45) is -1.67. The summed E-state index contributed by atoms with van der Waals surface area (Å²) in [5, 5.41) is 44.2. The van der Waals surface area contributed by atoms with Gasteiger partial charge < -0.3 is 30.4 Å². The van der Waals surface area contributed by atoms with Gasteiger partial charge in [0.2, 0.25) is 0 Å². The first-order valence-electron chi connectivity index (χ1n) is 7.81. The van der Waals surface area contributed by atoms with E-state index in [-0.39, 0.29) is 39.1 Å². The molecule has 13 heteroatoms. The standard InChI is InChI=1S/C14H23N3O10/c18-10(19)1-2-15(7-11(20)21)3-5-17(14(26)27)6-4-16(8-12(22)23)9-13(24)25/h1-9H2,(H,18,19)(H,20,21)(H,22,23)(H,24,25)(H,26,27). The Kier molecular flexibility index (Phi) is 11.1. The zero-order valence-corrected chi connectivity index (χ0v) is 14.5. The first-order chi connectivity index (χ1) is 12.5. The zero-order chi connectivity index (χ0) is 21.0. The van der Waals surface area contributed by atoms with Crippen LogP contribution in [0.5, 0.6) is 0 Å². The number of carboxylic acid groups (broad SMARTS) is 5. The molecule has 0 aliphatic carbocycles. The second kappa shape index (κ2) is 12.4. The van der Waals surface area contributed by atoms with Gasteiger partial charge in [-0.1, -0.05) is 0 Å². The van der Waals surface area contributed by atoms with Crippen LogP contribution in [0.1, 0.15) is 6.42 Å². The zero-order valence-electron chi connectivity index (χ0n) is 14.5. The molecule has 0 atom stereocenters. The quantitative estimate of drug-likeness (QED) is 0.212. The molecule has 0 saturated carbocycles. The summed E-state index contributed by atoms with van der Waals surface area (Å²) in [6, 6.07) is 0. The molecule has 0 fully saturated rings. The Bertz CT molecular complexity index is 537. The highest BCUT2D eigenvalue weighted by molar-refractivity contribution is 5.72. The molecule has 0 aliphatic rings. The van der Waals surface area contributed by atoms with Crippen LogP contribution in [-0.2, 0) is 19.2 Å². The summed E-state index contributed by atoms with van der Waals surface area (Å²) in [4.78, 5) is 57.4. The van der Waals surface area contributed by atoms with Crippen LogP contribution in [0.2, 0.25) is 0 Å². The van der Waals surface area contributed by atoms with Crippen LogP contribution >= 0.6 is 0 Å². The first-order valence-corrected chi connectivity index (χ1v) is 7.81. The highest BCUT2D eigenvalue weighted by atomic mass is 16.4. The number of hydrogen-bond donors (Lipinski definition) is 5. The smallest absolute Gasteiger partial charge is 0.407 e. The minimum absolute atomic E-state index is 0.0518. The summed E-state index contributed by atoms with van der Waals surface area (Å²) in [6.45, 7) is -2.27. The molecule has 0 spiro atoms. The molecule has 0 bridgehead atoms. The van der Waals surface area contributed by atoms with Crippen LogP contribution in [0.3, 0.4) is 0 Å². The van der Waals surface area contributed by atoms with E-state index in [0.717, 1.165) is 9.80 Å². The molecular formula is C14H23N3O10. The van der Waals surface area contributed by atoms with Gasteiger partial charge in [-0.15, -0.1) is 0 Å². The van der Waals surface area contributed by atoms with Gasteiger partial charge in [0.25, 0.3) is 0 Å². The summed E-state index contributed by atoms with van der Waals surface area (Å²) in [5.74, 6) is -4.85. The Hall–Kier alpha value is -2.93. The molecule has 27 heavy (non-hydrogen) atoms. The van der Waals surface area contributed by atoms with Crippen molar-refractivity contribution in [1.29, 1.82) is 0 Å². The largest absolute Gasteiger partial charge is 0.481 e. The average molecular weight is 393 g/mol. The number of aliphatic carboxylic acids is 4. The van der Waals surface area contributed by atoms with Gasteiger partial charge in [0.05, 0.1) is 26.1 Å². The highest BCUT2D eigenvalue weighted by Gasteiger charge is 2.19. The average Bonchev–Trinajstić information content (AvgIpc) is 2.49. The predicted octanol–water partition coefficient (Wildman–Crippen LogP) is -1.70. The topological polar surface area (TPSA) is 196 Å². The third kappa shape index (κ3) is 13.0. The predicted molar refractivity (Wildman–Crippen MR) is 87.6 cm³/mol. The fourth-order valence-corrected chi connectivity index (χ4v) is 2.14. The molecule has 0 unspecified atom stereocenters. The van der Waals surface area contributed by atoms with Crippen molar-refractivity contribution >= 4 is 30.0 Å². The summed E-state index contributed by atoms with van der Waals surface area (Å²) in [7, 11) is 0. The molecule has 13 nitrogen and oxygen atoms in total. The summed E-state index contributed by atoms with van der Waals surface area (Å²) >= 11 is 0. The van der Waals surface area contributed by atoms with E-state index in [1.54, 1.807) is 0 Å². The SMILES string of the molecule is O=C(O)CCN(CCN(CCN(CC(=O)O)CC(=O)O)C(=O)O)CC(=O)O. The van der Waals surface area contributed by atoms with Gasteiger partial charge in [-0.25, -0.2) is 4.79 Å². The Morgan fingerprint density at radius 3 is 1.30 bits per heavy atom. The van der Waals surface area contributed by atoms with Crippen LogP contribution in [0, 0.1) is 0 Å².